The summed E-state index contributed by atoms with van der Waals surface area (Å²) in [6.07, 6.45) is 2.21. The third-order valence-corrected chi connectivity index (χ3v) is 7.29. The zero-order valence-corrected chi connectivity index (χ0v) is 17.1. The Morgan fingerprint density at radius 2 is 1.76 bits per heavy atom. The van der Waals surface area contributed by atoms with E-state index >= 15 is 0 Å². The summed E-state index contributed by atoms with van der Waals surface area (Å²) in [7, 11) is -3.86. The summed E-state index contributed by atoms with van der Waals surface area (Å²) in [5, 5.41) is 9.09. The number of fused-ring (bicyclic) bond motifs is 3. The molecule has 2 aromatic carbocycles. The molecule has 4 aromatic rings. The Labute approximate surface area is 168 Å². The summed E-state index contributed by atoms with van der Waals surface area (Å²) in [6, 6.07) is 13.2. The molecule has 2 aromatic heterocycles. The molecule has 0 N–H and O–H groups in total. The van der Waals surface area contributed by atoms with E-state index < -0.39 is 9.84 Å². The maximum atomic E-state index is 13.5. The van der Waals surface area contributed by atoms with Crippen LogP contribution < -0.4 is 4.90 Å². The second kappa shape index (κ2) is 6.52. The molecule has 0 unspecified atom stereocenters. The molecule has 1 aliphatic heterocycles. The van der Waals surface area contributed by atoms with Crippen molar-refractivity contribution in [2.24, 2.45) is 0 Å². The van der Waals surface area contributed by atoms with Gasteiger partial charge in [-0.25, -0.2) is 13.4 Å². The Hall–Kier alpha value is -3.00. The number of hydrogen-bond donors (Lipinski definition) is 0. The van der Waals surface area contributed by atoms with Crippen LogP contribution in [0.1, 0.15) is 24.0 Å². The van der Waals surface area contributed by atoms with Gasteiger partial charge in [-0.05, 0) is 56.0 Å². The van der Waals surface area contributed by atoms with Crippen molar-refractivity contribution in [3.8, 4) is 0 Å². The first-order valence-corrected chi connectivity index (χ1v) is 11.2. The van der Waals surface area contributed by atoms with Crippen molar-refractivity contribution in [2.45, 2.75) is 36.6 Å². The first-order valence-electron chi connectivity index (χ1n) is 9.68. The van der Waals surface area contributed by atoms with E-state index in [4.69, 9.17) is 4.98 Å². The van der Waals surface area contributed by atoms with Crippen LogP contribution in [0.25, 0.3) is 16.6 Å². The summed E-state index contributed by atoms with van der Waals surface area (Å²) < 4.78 is 28.5. The molecule has 0 amide bonds. The van der Waals surface area contributed by atoms with Crippen molar-refractivity contribution >= 4 is 32.2 Å². The number of hydrogen-bond acceptors (Lipinski definition) is 6. The molecule has 1 saturated heterocycles. The summed E-state index contributed by atoms with van der Waals surface area (Å²) >= 11 is 0. The largest absolute Gasteiger partial charge is 0.356 e. The van der Waals surface area contributed by atoms with Crippen LogP contribution in [0.3, 0.4) is 0 Å². The molecule has 1 fully saturated rings. The lowest BCUT2D eigenvalue weighted by molar-refractivity contribution is 0.592. The average Bonchev–Trinajstić information content (AvgIpc) is 3.39. The minimum Gasteiger partial charge on any atom is -0.356 e. The zero-order chi connectivity index (χ0) is 20.2. The predicted molar refractivity (Wildman–Crippen MR) is 111 cm³/mol. The topological polar surface area (TPSA) is 80.5 Å². The maximum absolute atomic E-state index is 13.5. The predicted octanol–water partition coefficient (Wildman–Crippen LogP) is 3.33. The van der Waals surface area contributed by atoms with Crippen LogP contribution in [0.15, 0.2) is 52.4 Å². The number of aromatic nitrogens is 4. The van der Waals surface area contributed by atoms with Crippen LogP contribution in [-0.2, 0) is 9.84 Å². The highest BCUT2D eigenvalue weighted by Gasteiger charge is 2.29. The Kier molecular flexibility index (Phi) is 4.06. The van der Waals surface area contributed by atoms with Gasteiger partial charge >= 0.3 is 0 Å². The smallest absolute Gasteiger partial charge is 0.229 e. The van der Waals surface area contributed by atoms with Crippen molar-refractivity contribution in [1.82, 2.24) is 19.8 Å². The maximum Gasteiger partial charge on any atom is 0.229 e. The monoisotopic (exact) mass is 407 g/mol. The molecule has 5 rings (SSSR count). The van der Waals surface area contributed by atoms with Gasteiger partial charge in [0.2, 0.25) is 14.9 Å². The number of para-hydroxylation sites is 1. The van der Waals surface area contributed by atoms with E-state index in [0.717, 1.165) is 48.2 Å². The normalized spacial score (nSPS) is 14.9. The van der Waals surface area contributed by atoms with Gasteiger partial charge in [-0.3, -0.25) is 0 Å². The van der Waals surface area contributed by atoms with Gasteiger partial charge in [0.05, 0.1) is 10.4 Å². The van der Waals surface area contributed by atoms with Crippen molar-refractivity contribution in [2.75, 3.05) is 18.0 Å². The number of anilines is 1. The number of nitrogens with zero attached hydrogens (tertiary/aromatic N) is 5. The van der Waals surface area contributed by atoms with Gasteiger partial charge < -0.3 is 4.90 Å². The van der Waals surface area contributed by atoms with Crippen molar-refractivity contribution in [1.29, 1.82) is 0 Å². The van der Waals surface area contributed by atoms with Gasteiger partial charge in [-0.2, -0.15) is 4.52 Å². The first-order chi connectivity index (χ1) is 14.0. The van der Waals surface area contributed by atoms with Crippen LogP contribution in [0.4, 0.5) is 5.82 Å². The molecular weight excluding hydrogens is 386 g/mol. The molecule has 7 nitrogen and oxygen atoms in total. The highest BCUT2D eigenvalue weighted by molar-refractivity contribution is 7.91. The lowest BCUT2D eigenvalue weighted by atomic mass is 10.2. The van der Waals surface area contributed by atoms with E-state index in [9.17, 15) is 8.42 Å². The Morgan fingerprint density at radius 3 is 2.55 bits per heavy atom. The molecule has 148 valence electrons. The third-order valence-electron chi connectivity index (χ3n) is 5.50. The van der Waals surface area contributed by atoms with Gasteiger partial charge in [0, 0.05) is 18.5 Å². The van der Waals surface area contributed by atoms with Crippen LogP contribution in [0.5, 0.6) is 0 Å². The highest BCUT2D eigenvalue weighted by Crippen LogP contribution is 2.32. The number of sulfone groups is 1. The van der Waals surface area contributed by atoms with E-state index in [1.807, 2.05) is 43.3 Å². The van der Waals surface area contributed by atoms with Crippen LogP contribution >= 0.6 is 0 Å². The van der Waals surface area contributed by atoms with Crippen LogP contribution in [0, 0.1) is 13.8 Å². The fourth-order valence-corrected chi connectivity index (χ4v) is 5.53. The average molecular weight is 407 g/mol. The number of aryl methyl sites for hydroxylation is 2. The standard InChI is InChI=1S/C21H21N5O2S/c1-14-9-10-15(2)18(13-14)29(27,28)21-20-22-19(25-11-5-6-12-25)16-7-3-4-8-17(16)26(20)24-23-21/h3-4,7-10,13H,5-6,11-12H2,1-2H3. The molecule has 0 radical (unpaired) electrons. The zero-order valence-electron chi connectivity index (χ0n) is 16.3. The fourth-order valence-electron chi connectivity index (χ4n) is 3.97. The summed E-state index contributed by atoms with van der Waals surface area (Å²) in [4.78, 5) is 7.23. The van der Waals surface area contributed by atoms with E-state index in [-0.39, 0.29) is 15.6 Å². The Morgan fingerprint density at radius 1 is 1.00 bits per heavy atom. The molecule has 0 spiro atoms. The van der Waals surface area contributed by atoms with Crippen LogP contribution in [0.2, 0.25) is 0 Å². The summed E-state index contributed by atoms with van der Waals surface area (Å²) in [5.41, 5.74) is 2.62. The molecule has 0 saturated carbocycles. The Balaban J connectivity index is 1.81. The van der Waals surface area contributed by atoms with Crippen molar-refractivity contribution < 1.29 is 8.42 Å². The van der Waals surface area contributed by atoms with Gasteiger partial charge in [0.25, 0.3) is 0 Å². The van der Waals surface area contributed by atoms with Gasteiger partial charge in [-0.1, -0.05) is 29.5 Å². The summed E-state index contributed by atoms with van der Waals surface area (Å²) in [6.45, 7) is 5.48. The summed E-state index contributed by atoms with van der Waals surface area (Å²) in [5.74, 6) is 0.797. The highest BCUT2D eigenvalue weighted by atomic mass is 32.2. The molecule has 3 heterocycles. The molecule has 29 heavy (non-hydrogen) atoms. The molecule has 1 aliphatic rings. The minimum atomic E-state index is -3.86. The van der Waals surface area contributed by atoms with E-state index in [1.54, 1.807) is 13.0 Å². The number of benzene rings is 2. The second-order valence-corrected chi connectivity index (χ2v) is 9.38. The van der Waals surface area contributed by atoms with E-state index in [1.165, 1.54) is 4.52 Å². The van der Waals surface area contributed by atoms with Gasteiger partial charge in [0.1, 0.15) is 5.82 Å². The van der Waals surface area contributed by atoms with E-state index in [0.29, 0.717) is 5.56 Å². The molecule has 0 atom stereocenters. The lowest BCUT2D eigenvalue weighted by Gasteiger charge is -2.19. The molecule has 8 heteroatoms. The lowest BCUT2D eigenvalue weighted by Crippen LogP contribution is -2.20. The number of rotatable bonds is 3. The van der Waals surface area contributed by atoms with E-state index in [2.05, 4.69) is 15.2 Å². The third kappa shape index (κ3) is 2.78. The van der Waals surface area contributed by atoms with Gasteiger partial charge in [0.15, 0.2) is 5.65 Å². The first kappa shape index (κ1) is 18.1. The second-order valence-electron chi connectivity index (χ2n) is 7.55. The molecular formula is C21H21N5O2S. The minimum absolute atomic E-state index is 0.0996. The molecule has 0 bridgehead atoms. The Bertz CT molecular complexity index is 1350. The quantitative estimate of drug-likeness (QED) is 0.518. The van der Waals surface area contributed by atoms with Crippen molar-refractivity contribution in [3.63, 3.8) is 0 Å². The van der Waals surface area contributed by atoms with Crippen LogP contribution in [-0.4, -0.2) is 41.3 Å². The fraction of sp³-hybridized carbons (Fsp3) is 0.286. The SMILES string of the molecule is Cc1ccc(C)c(S(=O)(=O)c2nnn3c2nc(N2CCCC2)c2ccccc23)c1. The molecule has 0 aliphatic carbocycles. The van der Waals surface area contributed by atoms with Gasteiger partial charge in [-0.15, -0.1) is 5.10 Å². The van der Waals surface area contributed by atoms with Crippen molar-refractivity contribution in [3.05, 3.63) is 53.6 Å².